The Kier molecular flexibility index (Phi) is 3.55. The highest BCUT2D eigenvalue weighted by molar-refractivity contribution is 6.11. The number of carbonyl (C=O) groups is 2. The van der Waals surface area contributed by atoms with Crippen LogP contribution in [0.3, 0.4) is 0 Å². The lowest BCUT2D eigenvalue weighted by Gasteiger charge is -2.07. The highest BCUT2D eigenvalue weighted by Gasteiger charge is 2.28. The van der Waals surface area contributed by atoms with Gasteiger partial charge >= 0.3 is 5.97 Å². The second-order valence-electron chi connectivity index (χ2n) is 3.06. The third kappa shape index (κ3) is 2.40. The number of esters is 1. The molecule has 80 valence electrons. The lowest BCUT2D eigenvalue weighted by molar-refractivity contribution is -0.144. The van der Waals surface area contributed by atoms with Crippen molar-refractivity contribution in [2.45, 2.75) is 13.1 Å². The molecule has 0 N–H and O–H groups in total. The van der Waals surface area contributed by atoms with Gasteiger partial charge in [0.05, 0.1) is 7.11 Å². The summed E-state index contributed by atoms with van der Waals surface area (Å²) in [5.74, 6) is -2.02. The van der Waals surface area contributed by atoms with Crippen molar-refractivity contribution in [3.63, 3.8) is 0 Å². The lowest BCUT2D eigenvalue weighted by atomic mass is 10.0. The molecule has 0 radical (unpaired) electrons. The van der Waals surface area contributed by atoms with E-state index >= 15 is 0 Å². The van der Waals surface area contributed by atoms with Gasteiger partial charge in [-0.3, -0.25) is 4.79 Å². The first-order valence-electron chi connectivity index (χ1n) is 4.39. The van der Waals surface area contributed by atoms with Gasteiger partial charge in [0, 0.05) is 5.56 Å². The maximum Gasteiger partial charge on any atom is 0.348 e. The fourth-order valence-corrected chi connectivity index (χ4v) is 1.20. The summed E-state index contributed by atoms with van der Waals surface area (Å²) in [6, 6.07) is 6.51. The topological polar surface area (TPSA) is 43.4 Å². The van der Waals surface area contributed by atoms with Crippen LogP contribution in [0.15, 0.2) is 24.3 Å². The summed E-state index contributed by atoms with van der Waals surface area (Å²) >= 11 is 0. The molecular weight excluding hydrogens is 199 g/mol. The van der Waals surface area contributed by atoms with Gasteiger partial charge in [-0.05, 0) is 12.5 Å². The van der Waals surface area contributed by atoms with Gasteiger partial charge in [-0.2, -0.15) is 0 Å². The number of hydrogen-bond donors (Lipinski definition) is 0. The van der Waals surface area contributed by atoms with E-state index in [2.05, 4.69) is 4.74 Å². The molecule has 0 heterocycles. The fraction of sp³-hybridized carbons (Fsp3) is 0.273. The molecule has 0 saturated carbocycles. The second kappa shape index (κ2) is 4.68. The standard InChI is InChI=1S/C11H11FO3/c1-7-5-3-4-6-8(7)10(13)9(12)11(14)15-2/h3-6,9H,1-2H3. The van der Waals surface area contributed by atoms with E-state index in [1.807, 2.05) is 0 Å². The first kappa shape index (κ1) is 11.4. The number of halogens is 1. The van der Waals surface area contributed by atoms with Crippen molar-refractivity contribution in [1.29, 1.82) is 0 Å². The van der Waals surface area contributed by atoms with Crippen molar-refractivity contribution in [3.05, 3.63) is 35.4 Å². The van der Waals surface area contributed by atoms with Crippen molar-refractivity contribution >= 4 is 11.8 Å². The van der Waals surface area contributed by atoms with Gasteiger partial charge in [0.25, 0.3) is 6.17 Å². The van der Waals surface area contributed by atoms with Gasteiger partial charge in [-0.1, -0.05) is 24.3 Å². The number of rotatable bonds is 3. The third-order valence-electron chi connectivity index (χ3n) is 2.05. The minimum Gasteiger partial charge on any atom is -0.467 e. The van der Waals surface area contributed by atoms with E-state index < -0.39 is 17.9 Å². The number of aryl methyl sites for hydroxylation is 1. The number of hydrogen-bond acceptors (Lipinski definition) is 3. The van der Waals surface area contributed by atoms with Gasteiger partial charge in [0.2, 0.25) is 5.78 Å². The smallest absolute Gasteiger partial charge is 0.348 e. The highest BCUT2D eigenvalue weighted by atomic mass is 19.1. The van der Waals surface area contributed by atoms with Crippen LogP contribution in [0.4, 0.5) is 4.39 Å². The predicted molar refractivity (Wildman–Crippen MR) is 52.4 cm³/mol. The summed E-state index contributed by atoms with van der Waals surface area (Å²) in [5, 5.41) is 0. The van der Waals surface area contributed by atoms with E-state index in [0.29, 0.717) is 5.56 Å². The molecule has 15 heavy (non-hydrogen) atoms. The molecule has 0 spiro atoms. The number of benzene rings is 1. The van der Waals surface area contributed by atoms with Gasteiger partial charge in [0.1, 0.15) is 0 Å². The molecule has 0 amide bonds. The Morgan fingerprint density at radius 3 is 2.47 bits per heavy atom. The Labute approximate surface area is 86.9 Å². The van der Waals surface area contributed by atoms with E-state index in [0.717, 1.165) is 7.11 Å². The Morgan fingerprint density at radius 2 is 1.93 bits per heavy atom. The summed E-state index contributed by atoms with van der Waals surface area (Å²) in [6.07, 6.45) is -2.24. The average molecular weight is 210 g/mol. The van der Waals surface area contributed by atoms with Crippen molar-refractivity contribution in [2.24, 2.45) is 0 Å². The van der Waals surface area contributed by atoms with Crippen molar-refractivity contribution < 1.29 is 18.7 Å². The maximum absolute atomic E-state index is 13.2. The molecule has 1 aromatic carbocycles. The summed E-state index contributed by atoms with van der Waals surface area (Å²) in [6.45, 7) is 1.68. The fourth-order valence-electron chi connectivity index (χ4n) is 1.20. The zero-order valence-corrected chi connectivity index (χ0v) is 8.49. The molecule has 0 aromatic heterocycles. The predicted octanol–water partition coefficient (Wildman–Crippen LogP) is 1.69. The Bertz CT molecular complexity index is 387. The van der Waals surface area contributed by atoms with Crippen LogP contribution in [-0.2, 0) is 9.53 Å². The minimum atomic E-state index is -2.24. The first-order chi connectivity index (χ1) is 7.07. The zero-order valence-electron chi connectivity index (χ0n) is 8.49. The summed E-state index contributed by atoms with van der Waals surface area (Å²) in [5.41, 5.74) is 0.837. The number of alkyl halides is 1. The largest absolute Gasteiger partial charge is 0.467 e. The number of ether oxygens (including phenoxy) is 1. The van der Waals surface area contributed by atoms with Crippen LogP contribution in [0.5, 0.6) is 0 Å². The van der Waals surface area contributed by atoms with Crippen LogP contribution >= 0.6 is 0 Å². The van der Waals surface area contributed by atoms with E-state index in [1.165, 1.54) is 6.07 Å². The molecule has 0 aliphatic rings. The Balaban J connectivity index is 2.95. The van der Waals surface area contributed by atoms with Crippen molar-refractivity contribution in [3.8, 4) is 0 Å². The summed E-state index contributed by atoms with van der Waals surface area (Å²) < 4.78 is 17.4. The second-order valence-corrected chi connectivity index (χ2v) is 3.06. The van der Waals surface area contributed by atoms with Crippen LogP contribution in [0.2, 0.25) is 0 Å². The average Bonchev–Trinajstić information content (AvgIpc) is 2.26. The molecule has 0 aliphatic carbocycles. The van der Waals surface area contributed by atoms with Gasteiger partial charge < -0.3 is 4.74 Å². The molecule has 1 aromatic rings. The molecule has 1 rings (SSSR count). The zero-order chi connectivity index (χ0) is 11.4. The maximum atomic E-state index is 13.2. The Hall–Kier alpha value is -1.71. The van der Waals surface area contributed by atoms with Crippen molar-refractivity contribution in [1.82, 2.24) is 0 Å². The number of ketones is 1. The number of Topliss-reactive ketones (excluding diaryl/α,β-unsaturated/α-hetero) is 1. The van der Waals surface area contributed by atoms with Crippen LogP contribution in [-0.4, -0.2) is 25.0 Å². The number of carbonyl (C=O) groups excluding carboxylic acids is 2. The molecular formula is C11H11FO3. The molecule has 0 aliphatic heterocycles. The molecule has 4 heteroatoms. The third-order valence-corrected chi connectivity index (χ3v) is 2.05. The normalized spacial score (nSPS) is 11.9. The van der Waals surface area contributed by atoms with Crippen LogP contribution in [0.1, 0.15) is 15.9 Å². The number of methoxy groups -OCH3 is 1. The van der Waals surface area contributed by atoms with Crippen molar-refractivity contribution in [2.75, 3.05) is 7.11 Å². The molecule has 3 nitrogen and oxygen atoms in total. The molecule has 0 fully saturated rings. The summed E-state index contributed by atoms with van der Waals surface area (Å²) in [4.78, 5) is 22.3. The van der Waals surface area contributed by atoms with Gasteiger partial charge in [-0.25, -0.2) is 9.18 Å². The molecule has 1 atom stereocenters. The van der Waals surface area contributed by atoms with Crippen LogP contribution in [0, 0.1) is 6.92 Å². The van der Waals surface area contributed by atoms with E-state index in [1.54, 1.807) is 25.1 Å². The first-order valence-corrected chi connectivity index (χ1v) is 4.39. The molecule has 0 bridgehead atoms. The summed E-state index contributed by atoms with van der Waals surface area (Å²) in [7, 11) is 1.04. The van der Waals surface area contributed by atoms with E-state index in [4.69, 9.17) is 0 Å². The van der Waals surface area contributed by atoms with E-state index in [-0.39, 0.29) is 5.56 Å². The monoisotopic (exact) mass is 210 g/mol. The van der Waals surface area contributed by atoms with Gasteiger partial charge in [0.15, 0.2) is 0 Å². The molecule has 0 saturated heterocycles. The Morgan fingerprint density at radius 1 is 1.33 bits per heavy atom. The SMILES string of the molecule is COC(=O)C(F)C(=O)c1ccccc1C. The molecule has 1 unspecified atom stereocenters. The quantitative estimate of drug-likeness (QED) is 0.433. The minimum absolute atomic E-state index is 0.204. The van der Waals surface area contributed by atoms with E-state index in [9.17, 15) is 14.0 Å². The van der Waals surface area contributed by atoms with Gasteiger partial charge in [-0.15, -0.1) is 0 Å². The lowest BCUT2D eigenvalue weighted by Crippen LogP contribution is -2.27. The van der Waals surface area contributed by atoms with Crippen LogP contribution < -0.4 is 0 Å². The highest BCUT2D eigenvalue weighted by Crippen LogP contribution is 2.12. The van der Waals surface area contributed by atoms with Crippen LogP contribution in [0.25, 0.3) is 0 Å².